The first-order valence-electron chi connectivity index (χ1n) is 4.92. The number of hydrogen-bond donors (Lipinski definition) is 0. The first-order chi connectivity index (χ1) is 7.37. The van der Waals surface area contributed by atoms with Crippen molar-refractivity contribution < 1.29 is 9.53 Å². The van der Waals surface area contributed by atoms with Crippen LogP contribution in [-0.4, -0.2) is 30.6 Å². The smallest absolute Gasteiger partial charge is 0.325 e. The molecule has 0 spiro atoms. The lowest BCUT2D eigenvalue weighted by molar-refractivity contribution is -0.152. The van der Waals surface area contributed by atoms with E-state index in [1.54, 1.807) is 0 Å². The highest BCUT2D eigenvalue weighted by molar-refractivity contribution is 7.16. The minimum atomic E-state index is -0.634. The molecule has 0 amide bonds. The van der Waals surface area contributed by atoms with Gasteiger partial charge in [-0.15, -0.1) is 11.3 Å². The maximum Gasteiger partial charge on any atom is 0.325 e. The molecule has 1 aromatic rings. The summed E-state index contributed by atoms with van der Waals surface area (Å²) in [7, 11) is 3.30. The maximum atomic E-state index is 11.6. The van der Waals surface area contributed by atoms with Gasteiger partial charge in [0.15, 0.2) is 0 Å². The van der Waals surface area contributed by atoms with Gasteiger partial charge in [0.25, 0.3) is 0 Å². The van der Waals surface area contributed by atoms with E-state index in [1.165, 1.54) is 18.4 Å². The molecule has 0 aliphatic rings. The Hall–Kier alpha value is -0.580. The number of rotatable bonds is 4. The Kier molecular flexibility index (Phi) is 4.35. The number of carbonyl (C=O) groups is 1. The lowest BCUT2D eigenvalue weighted by Gasteiger charge is -2.32. The zero-order chi connectivity index (χ0) is 12.3. The van der Waals surface area contributed by atoms with E-state index >= 15 is 0 Å². The van der Waals surface area contributed by atoms with E-state index in [9.17, 15) is 4.79 Å². The molecule has 5 heteroatoms. The zero-order valence-electron chi connectivity index (χ0n) is 9.91. The Labute approximate surface area is 105 Å². The predicted octanol–water partition coefficient (Wildman–Crippen LogP) is 2.78. The van der Waals surface area contributed by atoms with Gasteiger partial charge in [-0.3, -0.25) is 9.69 Å². The minimum absolute atomic E-state index is 0.238. The van der Waals surface area contributed by atoms with E-state index in [4.69, 9.17) is 16.3 Å². The Balaban J connectivity index is 2.71. The second-order valence-corrected chi connectivity index (χ2v) is 5.91. The van der Waals surface area contributed by atoms with E-state index in [0.717, 1.165) is 9.21 Å². The third-order valence-electron chi connectivity index (χ3n) is 2.66. The van der Waals surface area contributed by atoms with Crippen molar-refractivity contribution in [1.82, 2.24) is 4.90 Å². The second kappa shape index (κ2) is 5.17. The molecule has 90 valence electrons. The summed E-state index contributed by atoms with van der Waals surface area (Å²) in [6.45, 7) is 4.36. The summed E-state index contributed by atoms with van der Waals surface area (Å²) in [4.78, 5) is 14.7. The molecule has 0 bridgehead atoms. The monoisotopic (exact) mass is 261 g/mol. The molecule has 0 saturated heterocycles. The molecule has 0 N–H and O–H groups in total. The molecular weight excluding hydrogens is 246 g/mol. The molecule has 0 aliphatic carbocycles. The molecule has 0 fully saturated rings. The Morgan fingerprint density at radius 2 is 2.19 bits per heavy atom. The topological polar surface area (TPSA) is 29.5 Å². The number of carbonyl (C=O) groups excluding carboxylic acids is 1. The highest BCUT2D eigenvalue weighted by Gasteiger charge is 2.33. The van der Waals surface area contributed by atoms with Crippen molar-refractivity contribution in [3.05, 3.63) is 21.3 Å². The average Bonchev–Trinajstić information content (AvgIpc) is 2.62. The van der Waals surface area contributed by atoms with Gasteiger partial charge in [0, 0.05) is 11.4 Å². The van der Waals surface area contributed by atoms with Gasteiger partial charge < -0.3 is 4.74 Å². The van der Waals surface area contributed by atoms with Gasteiger partial charge in [-0.1, -0.05) is 11.6 Å². The van der Waals surface area contributed by atoms with Gasteiger partial charge >= 0.3 is 5.97 Å². The molecule has 0 saturated carbocycles. The fraction of sp³-hybridized carbons (Fsp3) is 0.545. The van der Waals surface area contributed by atoms with Crippen LogP contribution in [0.3, 0.4) is 0 Å². The van der Waals surface area contributed by atoms with Crippen LogP contribution in [-0.2, 0) is 16.1 Å². The first-order valence-corrected chi connectivity index (χ1v) is 6.11. The van der Waals surface area contributed by atoms with E-state index in [-0.39, 0.29) is 5.97 Å². The second-order valence-electron chi connectivity index (χ2n) is 4.11. The normalized spacial score (nSPS) is 11.9. The van der Waals surface area contributed by atoms with Gasteiger partial charge in [0.05, 0.1) is 11.4 Å². The molecule has 0 aliphatic heterocycles. The van der Waals surface area contributed by atoms with Crippen LogP contribution in [0.5, 0.6) is 0 Å². The minimum Gasteiger partial charge on any atom is -0.468 e. The Bertz CT molecular complexity index is 376. The molecule has 3 nitrogen and oxygen atoms in total. The highest BCUT2D eigenvalue weighted by atomic mass is 35.5. The number of ether oxygens (including phenoxy) is 1. The van der Waals surface area contributed by atoms with Crippen molar-refractivity contribution >= 4 is 28.9 Å². The summed E-state index contributed by atoms with van der Waals surface area (Å²) in [6, 6.07) is 3.83. The number of likely N-dealkylation sites (N-methyl/N-ethyl adjacent to an activating group) is 1. The van der Waals surface area contributed by atoms with Gasteiger partial charge in [-0.2, -0.15) is 0 Å². The Morgan fingerprint density at radius 1 is 1.56 bits per heavy atom. The Morgan fingerprint density at radius 3 is 2.62 bits per heavy atom. The van der Waals surface area contributed by atoms with E-state index in [0.29, 0.717) is 6.54 Å². The number of methoxy groups -OCH3 is 1. The standard InChI is InChI=1S/C11H16ClNO2S/c1-11(2,10(14)15-4)13(3)7-8-5-6-9(12)16-8/h5-6H,7H2,1-4H3. The van der Waals surface area contributed by atoms with Crippen LogP contribution in [0.25, 0.3) is 0 Å². The van der Waals surface area contributed by atoms with Crippen LogP contribution in [0.4, 0.5) is 0 Å². The van der Waals surface area contributed by atoms with Crippen molar-refractivity contribution in [2.75, 3.05) is 14.2 Å². The summed E-state index contributed by atoms with van der Waals surface area (Å²) >= 11 is 7.38. The number of hydrogen-bond acceptors (Lipinski definition) is 4. The molecule has 0 atom stereocenters. The summed E-state index contributed by atoms with van der Waals surface area (Å²) < 4.78 is 5.54. The molecule has 1 heterocycles. The molecular formula is C11H16ClNO2S. The van der Waals surface area contributed by atoms with Crippen LogP contribution < -0.4 is 0 Å². The predicted molar refractivity (Wildman–Crippen MR) is 66.9 cm³/mol. The van der Waals surface area contributed by atoms with Crippen LogP contribution in [0, 0.1) is 0 Å². The summed E-state index contributed by atoms with van der Waals surface area (Å²) in [5, 5.41) is 0. The maximum absolute atomic E-state index is 11.6. The van der Waals surface area contributed by atoms with Crippen molar-refractivity contribution in [3.8, 4) is 0 Å². The largest absolute Gasteiger partial charge is 0.468 e. The zero-order valence-corrected chi connectivity index (χ0v) is 11.5. The number of thiophene rings is 1. The van der Waals surface area contributed by atoms with Crippen molar-refractivity contribution in [1.29, 1.82) is 0 Å². The highest BCUT2D eigenvalue weighted by Crippen LogP contribution is 2.25. The molecule has 0 aromatic carbocycles. The molecule has 16 heavy (non-hydrogen) atoms. The quantitative estimate of drug-likeness (QED) is 0.781. The van der Waals surface area contributed by atoms with E-state index < -0.39 is 5.54 Å². The SMILES string of the molecule is COC(=O)C(C)(C)N(C)Cc1ccc(Cl)s1. The van der Waals surface area contributed by atoms with E-state index in [2.05, 4.69) is 0 Å². The van der Waals surface area contributed by atoms with Crippen molar-refractivity contribution in [3.63, 3.8) is 0 Å². The average molecular weight is 262 g/mol. The molecule has 1 aromatic heterocycles. The lowest BCUT2D eigenvalue weighted by Crippen LogP contribution is -2.47. The van der Waals surface area contributed by atoms with Crippen molar-refractivity contribution in [2.24, 2.45) is 0 Å². The summed E-state index contributed by atoms with van der Waals surface area (Å²) in [5.74, 6) is -0.238. The van der Waals surface area contributed by atoms with Gasteiger partial charge in [0.2, 0.25) is 0 Å². The first kappa shape index (κ1) is 13.5. The fourth-order valence-corrected chi connectivity index (χ4v) is 2.41. The fourth-order valence-electron chi connectivity index (χ4n) is 1.27. The third-order valence-corrected chi connectivity index (χ3v) is 3.88. The number of esters is 1. The molecule has 0 radical (unpaired) electrons. The van der Waals surface area contributed by atoms with Crippen LogP contribution in [0.1, 0.15) is 18.7 Å². The molecule has 1 rings (SSSR count). The van der Waals surface area contributed by atoms with Crippen LogP contribution in [0.2, 0.25) is 4.34 Å². The van der Waals surface area contributed by atoms with Crippen molar-refractivity contribution in [2.45, 2.75) is 25.9 Å². The van der Waals surface area contributed by atoms with Gasteiger partial charge in [-0.25, -0.2) is 0 Å². The summed E-state index contributed by atoms with van der Waals surface area (Å²) in [5.41, 5.74) is -0.634. The summed E-state index contributed by atoms with van der Waals surface area (Å²) in [6.07, 6.45) is 0. The third kappa shape index (κ3) is 2.97. The molecule has 0 unspecified atom stereocenters. The van der Waals surface area contributed by atoms with Crippen LogP contribution in [0.15, 0.2) is 12.1 Å². The number of nitrogens with zero attached hydrogens (tertiary/aromatic N) is 1. The van der Waals surface area contributed by atoms with Crippen LogP contribution >= 0.6 is 22.9 Å². The number of halogens is 1. The lowest BCUT2D eigenvalue weighted by atomic mass is 10.0. The van der Waals surface area contributed by atoms with E-state index in [1.807, 2.05) is 37.9 Å². The van der Waals surface area contributed by atoms with Gasteiger partial charge in [0.1, 0.15) is 5.54 Å². The van der Waals surface area contributed by atoms with Gasteiger partial charge in [-0.05, 0) is 33.0 Å².